The molecule has 8 nitrogen and oxygen atoms in total. The van der Waals surface area contributed by atoms with Gasteiger partial charge in [0.05, 0.1) is 17.9 Å². The molecule has 0 aromatic heterocycles. The molecule has 0 unspecified atom stereocenters. The molecule has 1 aromatic carbocycles. The molecule has 2 rings (SSSR count). The van der Waals surface area contributed by atoms with Gasteiger partial charge in [-0.15, -0.1) is 12.3 Å². The molecule has 1 aromatic rings. The molecule has 0 aliphatic heterocycles. The predicted octanol–water partition coefficient (Wildman–Crippen LogP) is 3.07. The van der Waals surface area contributed by atoms with E-state index in [9.17, 15) is 28.2 Å². The van der Waals surface area contributed by atoms with E-state index < -0.39 is 39.9 Å². The Morgan fingerprint density at radius 3 is 2.44 bits per heavy atom. The highest BCUT2D eigenvalue weighted by Gasteiger charge is 2.30. The molecule has 1 fully saturated rings. The van der Waals surface area contributed by atoms with Crippen LogP contribution in [0.3, 0.4) is 0 Å². The summed E-state index contributed by atoms with van der Waals surface area (Å²) >= 11 is 0. The van der Waals surface area contributed by atoms with Crippen LogP contribution in [0.15, 0.2) is 30.3 Å². The molecule has 2 amide bonds. The third-order valence-electron chi connectivity index (χ3n) is 7.23. The Labute approximate surface area is 246 Å². The van der Waals surface area contributed by atoms with Gasteiger partial charge < -0.3 is 20.4 Å². The summed E-state index contributed by atoms with van der Waals surface area (Å²) in [6, 6.07) is 8.81. The minimum Gasteiger partial charge on any atom is -0.389 e. The number of aliphatic hydroxyl groups is 2. The van der Waals surface area contributed by atoms with Crippen LogP contribution in [-0.4, -0.2) is 71.8 Å². The minimum absolute atomic E-state index is 0.0280. The molecule has 0 saturated heterocycles. The fourth-order valence-electron chi connectivity index (χ4n) is 5.23. The lowest BCUT2D eigenvalue weighted by Crippen LogP contribution is -2.49. The predicted molar refractivity (Wildman–Crippen MR) is 161 cm³/mol. The number of hydrogen-bond acceptors (Lipinski definition) is 6. The summed E-state index contributed by atoms with van der Waals surface area (Å²) in [4.78, 5) is 27.0. The van der Waals surface area contributed by atoms with Crippen LogP contribution >= 0.6 is 0 Å². The Morgan fingerprint density at radius 2 is 1.80 bits per heavy atom. The number of carbonyl (C=O) groups is 2. The van der Waals surface area contributed by atoms with Gasteiger partial charge in [-0.3, -0.25) is 9.59 Å². The number of nitrogens with zero attached hydrogens (tertiary/aromatic N) is 1. The van der Waals surface area contributed by atoms with Crippen molar-refractivity contribution in [1.82, 2.24) is 10.2 Å². The van der Waals surface area contributed by atoms with Gasteiger partial charge in [0.1, 0.15) is 12.0 Å². The highest BCUT2D eigenvalue weighted by molar-refractivity contribution is 7.91. The molecule has 0 spiro atoms. The van der Waals surface area contributed by atoms with E-state index >= 15 is 0 Å². The van der Waals surface area contributed by atoms with Crippen LogP contribution in [0.1, 0.15) is 77.2 Å². The number of terminal acetylenes is 1. The summed E-state index contributed by atoms with van der Waals surface area (Å²) in [7, 11) is -3.50. The maximum absolute atomic E-state index is 13.0. The molecule has 41 heavy (non-hydrogen) atoms. The van der Waals surface area contributed by atoms with Crippen molar-refractivity contribution in [2.75, 3.05) is 18.2 Å². The van der Waals surface area contributed by atoms with Crippen LogP contribution in [0.25, 0.3) is 0 Å². The number of rotatable bonds is 15. The lowest BCUT2D eigenvalue weighted by Gasteiger charge is -2.31. The number of nitrogens with one attached hydrogen (secondary N) is 1. The van der Waals surface area contributed by atoms with Gasteiger partial charge in [0.15, 0.2) is 9.84 Å². The van der Waals surface area contributed by atoms with E-state index in [1.807, 2.05) is 44.2 Å². The third kappa shape index (κ3) is 13.6. The van der Waals surface area contributed by atoms with Gasteiger partial charge in [0.25, 0.3) is 5.91 Å². The zero-order valence-corrected chi connectivity index (χ0v) is 25.2. The van der Waals surface area contributed by atoms with Crippen molar-refractivity contribution in [1.29, 1.82) is 0 Å². The minimum atomic E-state index is -3.50. The van der Waals surface area contributed by atoms with Crippen LogP contribution in [-0.2, 0) is 25.8 Å². The summed E-state index contributed by atoms with van der Waals surface area (Å²) in [5.74, 6) is 6.54. The van der Waals surface area contributed by atoms with Crippen LogP contribution in [0.5, 0.6) is 0 Å². The van der Waals surface area contributed by atoms with E-state index in [1.54, 1.807) is 0 Å². The molecule has 3 atom stereocenters. The molecule has 226 valence electrons. The van der Waals surface area contributed by atoms with Gasteiger partial charge in [-0.05, 0) is 36.2 Å². The van der Waals surface area contributed by atoms with Crippen LogP contribution < -0.4 is 5.32 Å². The van der Waals surface area contributed by atoms with E-state index in [1.165, 1.54) is 11.3 Å². The average molecular weight is 587 g/mol. The SMILES string of the molecule is C#CC[C@H](O)[C@H](O)[C@@H](CC1CCCCC1)NC(=O)C#CCCN(CS(=O)(=O)CC(C)C)C(=O)CCc1ccccc1. The Balaban J connectivity index is 2.03. The Bertz CT molecular complexity index is 1160. The van der Waals surface area contributed by atoms with Crippen molar-refractivity contribution in [3.8, 4) is 24.2 Å². The topological polar surface area (TPSA) is 124 Å². The molecule has 3 N–H and O–H groups in total. The first-order valence-electron chi connectivity index (χ1n) is 14.6. The fourth-order valence-corrected chi connectivity index (χ4v) is 7.10. The van der Waals surface area contributed by atoms with Gasteiger partial charge in [0.2, 0.25) is 5.91 Å². The summed E-state index contributed by atoms with van der Waals surface area (Å²) < 4.78 is 25.3. The van der Waals surface area contributed by atoms with Gasteiger partial charge in [-0.2, -0.15) is 0 Å². The zero-order chi connectivity index (χ0) is 30.3. The first-order chi connectivity index (χ1) is 19.5. The number of amides is 2. The molecule has 0 heterocycles. The number of hydrogen-bond donors (Lipinski definition) is 3. The average Bonchev–Trinajstić information content (AvgIpc) is 2.93. The molecule has 0 radical (unpaired) electrons. The van der Waals surface area contributed by atoms with Gasteiger partial charge in [-0.25, -0.2) is 8.42 Å². The van der Waals surface area contributed by atoms with Crippen molar-refractivity contribution in [3.05, 3.63) is 35.9 Å². The second-order valence-electron chi connectivity index (χ2n) is 11.4. The summed E-state index contributed by atoms with van der Waals surface area (Å²) in [6.07, 6.45) is 9.54. The largest absolute Gasteiger partial charge is 0.389 e. The van der Waals surface area contributed by atoms with Gasteiger partial charge >= 0.3 is 0 Å². The monoisotopic (exact) mass is 586 g/mol. The lowest BCUT2D eigenvalue weighted by molar-refractivity contribution is -0.130. The zero-order valence-electron chi connectivity index (χ0n) is 24.4. The number of aryl methyl sites for hydroxylation is 1. The summed E-state index contributed by atoms with van der Waals surface area (Å²) in [6.45, 7) is 3.70. The fraction of sp³-hybridized carbons (Fsp3) is 0.625. The second-order valence-corrected chi connectivity index (χ2v) is 13.5. The molecule has 1 aliphatic rings. The van der Waals surface area contributed by atoms with E-state index in [0.717, 1.165) is 31.2 Å². The van der Waals surface area contributed by atoms with Crippen LogP contribution in [0.2, 0.25) is 0 Å². The molecule has 1 aliphatic carbocycles. The van der Waals surface area contributed by atoms with Crippen molar-refractivity contribution in [3.63, 3.8) is 0 Å². The smallest absolute Gasteiger partial charge is 0.296 e. The van der Waals surface area contributed by atoms with E-state index in [2.05, 4.69) is 23.1 Å². The molecule has 1 saturated carbocycles. The number of benzene rings is 1. The van der Waals surface area contributed by atoms with E-state index in [4.69, 9.17) is 6.42 Å². The lowest BCUT2D eigenvalue weighted by atomic mass is 9.83. The Hall–Kier alpha value is -2.85. The number of aliphatic hydroxyl groups excluding tert-OH is 2. The van der Waals surface area contributed by atoms with E-state index in [0.29, 0.717) is 18.8 Å². The maximum Gasteiger partial charge on any atom is 0.296 e. The van der Waals surface area contributed by atoms with Gasteiger partial charge in [-0.1, -0.05) is 82.2 Å². The van der Waals surface area contributed by atoms with Crippen molar-refractivity contribution in [2.24, 2.45) is 11.8 Å². The van der Waals surface area contributed by atoms with E-state index in [-0.39, 0.29) is 43.4 Å². The van der Waals surface area contributed by atoms with Crippen LogP contribution in [0.4, 0.5) is 0 Å². The Kier molecular flexibility index (Phi) is 15.0. The highest BCUT2D eigenvalue weighted by Crippen LogP contribution is 2.28. The summed E-state index contributed by atoms with van der Waals surface area (Å²) in [5.41, 5.74) is 0.986. The van der Waals surface area contributed by atoms with Crippen molar-refractivity contribution >= 4 is 21.7 Å². The molecule has 0 bridgehead atoms. The molecular weight excluding hydrogens is 540 g/mol. The standard InChI is InChI=1S/C32H46N2O6S/c1-4-13-29(35)32(38)28(22-27-16-9-6-10-17-27)33-30(36)18-11-12-21-34(24-41(39,40)23-25(2)3)31(37)20-19-26-14-7-5-8-15-26/h1,5,7-8,14-15,25,27-29,32,35,38H,6,9-10,12-13,16-17,19-24H2,2-3H3,(H,33,36)/t28-,29+,32-/m1/s1. The second kappa shape index (κ2) is 17.9. The molecule has 9 heteroatoms. The number of carbonyl (C=O) groups excluding carboxylic acids is 2. The first kappa shape index (κ1) is 34.4. The van der Waals surface area contributed by atoms with Crippen LogP contribution in [0, 0.1) is 36.0 Å². The third-order valence-corrected chi connectivity index (χ3v) is 9.11. The Morgan fingerprint density at radius 1 is 1.12 bits per heavy atom. The molecular formula is C32H46N2O6S. The highest BCUT2D eigenvalue weighted by atomic mass is 32.2. The van der Waals surface area contributed by atoms with Crippen molar-refractivity contribution in [2.45, 2.75) is 96.3 Å². The van der Waals surface area contributed by atoms with Gasteiger partial charge in [0, 0.05) is 25.8 Å². The first-order valence-corrected chi connectivity index (χ1v) is 16.4. The summed E-state index contributed by atoms with van der Waals surface area (Å²) in [5, 5.41) is 23.7. The normalized spacial score (nSPS) is 16.1. The van der Waals surface area contributed by atoms with Crippen molar-refractivity contribution < 1.29 is 28.2 Å². The number of sulfone groups is 1. The maximum atomic E-state index is 13.0. The quantitative estimate of drug-likeness (QED) is 0.272.